The van der Waals surface area contributed by atoms with Gasteiger partial charge in [0, 0.05) is 38.5 Å². The first-order valence-corrected chi connectivity index (χ1v) is 5.41. The van der Waals surface area contributed by atoms with Gasteiger partial charge in [-0.1, -0.05) is 6.92 Å². The molecule has 15 heavy (non-hydrogen) atoms. The molecule has 0 aromatic rings. The monoisotopic (exact) mass is 218 g/mol. The summed E-state index contributed by atoms with van der Waals surface area (Å²) in [4.78, 5) is 14.8. The van der Waals surface area contributed by atoms with Crippen LogP contribution in [0.1, 0.15) is 19.8 Å². The van der Waals surface area contributed by atoms with Crippen LogP contribution in [0.5, 0.6) is 0 Å². The maximum Gasteiger partial charge on any atom is 0.261 e. The summed E-state index contributed by atoms with van der Waals surface area (Å²) >= 11 is 0. The highest BCUT2D eigenvalue weighted by Crippen LogP contribution is 2.30. The van der Waals surface area contributed by atoms with Crippen molar-refractivity contribution >= 4 is 5.91 Å². The number of carbonyl (C=O) groups is 1. The Hall–Kier alpha value is -0.710. The first-order chi connectivity index (χ1) is 7.02. The number of hydrogen-bond acceptors (Lipinski definition) is 2. The van der Waals surface area contributed by atoms with Crippen molar-refractivity contribution in [2.45, 2.75) is 31.7 Å². The van der Waals surface area contributed by atoms with E-state index in [1.54, 1.807) is 9.80 Å². The van der Waals surface area contributed by atoms with Crippen molar-refractivity contribution in [3.05, 3.63) is 0 Å². The van der Waals surface area contributed by atoms with E-state index in [1.165, 1.54) is 0 Å². The van der Waals surface area contributed by atoms with Crippen LogP contribution in [0.3, 0.4) is 0 Å². The molecule has 0 aromatic heterocycles. The molecular weight excluding hydrogens is 202 g/mol. The molecule has 1 amide bonds. The van der Waals surface area contributed by atoms with Gasteiger partial charge in [0.1, 0.15) is 0 Å². The van der Waals surface area contributed by atoms with Crippen molar-refractivity contribution in [1.82, 2.24) is 9.80 Å². The molecule has 0 spiro atoms. The van der Waals surface area contributed by atoms with E-state index in [4.69, 9.17) is 0 Å². The summed E-state index contributed by atoms with van der Waals surface area (Å²) in [6.45, 7) is 3.41. The van der Waals surface area contributed by atoms with Gasteiger partial charge >= 0.3 is 0 Å². The Labute approximate surface area is 88.0 Å². The first-order valence-electron chi connectivity index (χ1n) is 5.41. The third kappa shape index (κ3) is 2.12. The zero-order valence-corrected chi connectivity index (χ0v) is 8.88. The van der Waals surface area contributed by atoms with E-state index in [1.807, 2.05) is 6.92 Å². The third-order valence-corrected chi connectivity index (χ3v) is 3.23. The highest BCUT2D eigenvalue weighted by molar-refractivity contribution is 5.76. The average Bonchev–Trinajstić information content (AvgIpc) is 2.43. The minimum absolute atomic E-state index is 0.0365. The van der Waals surface area contributed by atoms with Gasteiger partial charge in [0.05, 0.1) is 6.54 Å². The van der Waals surface area contributed by atoms with E-state index in [-0.39, 0.29) is 24.9 Å². The van der Waals surface area contributed by atoms with Gasteiger partial charge in [-0.3, -0.25) is 9.69 Å². The summed E-state index contributed by atoms with van der Waals surface area (Å²) in [5, 5.41) is 0. The number of likely N-dealkylation sites (tertiary alicyclic amines) is 2. The Balaban J connectivity index is 1.78. The topological polar surface area (TPSA) is 23.6 Å². The molecule has 0 N–H and O–H groups in total. The van der Waals surface area contributed by atoms with Gasteiger partial charge in [-0.25, -0.2) is 8.78 Å². The number of nitrogens with zero attached hydrogens (tertiary/aromatic N) is 2. The van der Waals surface area contributed by atoms with E-state index in [0.717, 1.165) is 0 Å². The first kappa shape index (κ1) is 10.8. The lowest BCUT2D eigenvalue weighted by Gasteiger charge is -2.43. The zero-order chi connectivity index (χ0) is 11.1. The Morgan fingerprint density at radius 1 is 1.47 bits per heavy atom. The van der Waals surface area contributed by atoms with Crippen LogP contribution in [0.25, 0.3) is 0 Å². The number of hydrogen-bond donors (Lipinski definition) is 0. The predicted octanol–water partition coefficient (Wildman–Crippen LogP) is 0.948. The Morgan fingerprint density at radius 3 is 2.60 bits per heavy atom. The molecule has 2 fully saturated rings. The summed E-state index contributed by atoms with van der Waals surface area (Å²) in [6, 6.07) is 0.161. The van der Waals surface area contributed by atoms with Crippen LogP contribution in [-0.4, -0.2) is 53.9 Å². The number of amides is 1. The smallest absolute Gasteiger partial charge is 0.261 e. The normalized spacial score (nSPS) is 26.7. The third-order valence-electron chi connectivity index (χ3n) is 3.23. The highest BCUT2D eigenvalue weighted by atomic mass is 19.3. The quantitative estimate of drug-likeness (QED) is 0.689. The van der Waals surface area contributed by atoms with Crippen LogP contribution in [0.15, 0.2) is 0 Å². The maximum atomic E-state index is 12.9. The lowest BCUT2D eigenvalue weighted by Crippen LogP contribution is -2.60. The van der Waals surface area contributed by atoms with Crippen LogP contribution >= 0.6 is 0 Å². The number of alkyl halides is 2. The van der Waals surface area contributed by atoms with E-state index in [0.29, 0.717) is 26.1 Å². The van der Waals surface area contributed by atoms with Crippen LogP contribution in [0, 0.1) is 0 Å². The second kappa shape index (κ2) is 3.70. The molecule has 0 radical (unpaired) electrons. The molecule has 2 rings (SSSR count). The average molecular weight is 218 g/mol. The van der Waals surface area contributed by atoms with Gasteiger partial charge in [0.15, 0.2) is 0 Å². The fraction of sp³-hybridized carbons (Fsp3) is 0.900. The number of halogens is 2. The van der Waals surface area contributed by atoms with Crippen molar-refractivity contribution in [2.24, 2.45) is 0 Å². The van der Waals surface area contributed by atoms with Gasteiger partial charge in [0.25, 0.3) is 5.92 Å². The summed E-state index contributed by atoms with van der Waals surface area (Å²) in [6.07, 6.45) is 0.466. The lowest BCUT2D eigenvalue weighted by atomic mass is 10.1. The molecule has 0 atom stereocenters. The minimum atomic E-state index is -2.52. The summed E-state index contributed by atoms with van der Waals surface area (Å²) in [7, 11) is 0. The van der Waals surface area contributed by atoms with E-state index in [9.17, 15) is 13.6 Å². The molecule has 2 heterocycles. The molecule has 0 aromatic carbocycles. The summed E-state index contributed by atoms with van der Waals surface area (Å²) in [5.74, 6) is -2.40. The molecule has 2 saturated heterocycles. The minimum Gasteiger partial charge on any atom is -0.339 e. The molecule has 86 valence electrons. The molecule has 5 heteroatoms. The fourth-order valence-electron chi connectivity index (χ4n) is 2.19. The van der Waals surface area contributed by atoms with E-state index < -0.39 is 5.92 Å². The van der Waals surface area contributed by atoms with Gasteiger partial charge in [0.2, 0.25) is 5.91 Å². The molecule has 0 unspecified atom stereocenters. The number of rotatable bonds is 2. The largest absolute Gasteiger partial charge is 0.339 e. The van der Waals surface area contributed by atoms with E-state index in [2.05, 4.69) is 0 Å². The predicted molar refractivity (Wildman–Crippen MR) is 51.8 cm³/mol. The summed E-state index contributed by atoms with van der Waals surface area (Å²) < 4.78 is 25.8. The molecule has 0 saturated carbocycles. The second-order valence-corrected chi connectivity index (χ2v) is 4.38. The van der Waals surface area contributed by atoms with Crippen molar-refractivity contribution in [3.63, 3.8) is 0 Å². The summed E-state index contributed by atoms with van der Waals surface area (Å²) in [5.41, 5.74) is 0. The molecule has 0 aliphatic carbocycles. The highest BCUT2D eigenvalue weighted by Gasteiger charge is 2.44. The van der Waals surface area contributed by atoms with Gasteiger partial charge in [-0.2, -0.15) is 0 Å². The van der Waals surface area contributed by atoms with Crippen molar-refractivity contribution < 1.29 is 13.6 Å². The van der Waals surface area contributed by atoms with Gasteiger partial charge in [-0.05, 0) is 0 Å². The maximum absolute atomic E-state index is 12.9. The molecular formula is C10H16F2N2O. The van der Waals surface area contributed by atoms with Crippen LogP contribution in [0.4, 0.5) is 8.78 Å². The zero-order valence-electron chi connectivity index (χ0n) is 8.88. The van der Waals surface area contributed by atoms with Crippen molar-refractivity contribution in [3.8, 4) is 0 Å². The van der Waals surface area contributed by atoms with Crippen LogP contribution in [0.2, 0.25) is 0 Å². The van der Waals surface area contributed by atoms with Crippen LogP contribution < -0.4 is 0 Å². The molecule has 2 aliphatic rings. The Morgan fingerprint density at radius 2 is 2.13 bits per heavy atom. The van der Waals surface area contributed by atoms with Gasteiger partial charge in [-0.15, -0.1) is 0 Å². The Kier molecular flexibility index (Phi) is 2.66. The van der Waals surface area contributed by atoms with Gasteiger partial charge < -0.3 is 4.90 Å². The standard InChI is InChI=1S/C10H16F2N2O/c1-2-9(15)14-5-8(6-14)13-4-3-10(11,12)7-13/h8H,2-7H2,1H3. The SMILES string of the molecule is CCC(=O)N1CC(N2CCC(F)(F)C2)C1. The molecule has 3 nitrogen and oxygen atoms in total. The van der Waals surface area contributed by atoms with Crippen LogP contribution in [-0.2, 0) is 4.79 Å². The Bertz CT molecular complexity index is 264. The molecule has 0 bridgehead atoms. The second-order valence-electron chi connectivity index (χ2n) is 4.38. The fourth-order valence-corrected chi connectivity index (χ4v) is 2.19. The molecule has 2 aliphatic heterocycles. The lowest BCUT2D eigenvalue weighted by molar-refractivity contribution is -0.138. The van der Waals surface area contributed by atoms with Crippen molar-refractivity contribution in [1.29, 1.82) is 0 Å². The van der Waals surface area contributed by atoms with E-state index >= 15 is 0 Å². The number of carbonyl (C=O) groups excluding carboxylic acids is 1. The van der Waals surface area contributed by atoms with Crippen molar-refractivity contribution in [2.75, 3.05) is 26.2 Å².